The van der Waals surface area contributed by atoms with Crippen LogP contribution in [0.2, 0.25) is 0 Å². The summed E-state index contributed by atoms with van der Waals surface area (Å²) in [6.07, 6.45) is 6.40. The molecule has 0 bridgehead atoms. The van der Waals surface area contributed by atoms with E-state index in [2.05, 4.69) is 24.3 Å². The molecule has 2 aromatic rings. The van der Waals surface area contributed by atoms with Crippen molar-refractivity contribution in [2.45, 2.75) is 62.9 Å². The SMILES string of the molecule is CC1(C)CCc2c1nc1c(c2NC(N)=O)CCC1.NSc1ccn(C(F)F)n1. The standard InChI is InChI=1S/C14H19N3O.C4H5F2N3S/c1-14(2)7-6-9-11(17-13(15)18)8-4-3-5-10(8)16-12(9)14;5-4(6)9-2-1-3(8-9)10-7/h3-7H2,1-2H3,(H3,15,16,17,18);1-2,4H,7H2. The molecule has 0 radical (unpaired) electrons. The number of alkyl halides is 2. The Morgan fingerprint density at radius 3 is 2.64 bits per heavy atom. The Hall–Kier alpha value is -2.20. The summed E-state index contributed by atoms with van der Waals surface area (Å²) in [5.74, 6) is 0. The molecule has 0 aromatic carbocycles. The van der Waals surface area contributed by atoms with Crippen LogP contribution in [0.15, 0.2) is 17.3 Å². The van der Waals surface area contributed by atoms with E-state index in [-0.39, 0.29) is 5.41 Å². The third-order valence-corrected chi connectivity index (χ3v) is 5.58. The minimum Gasteiger partial charge on any atom is -0.351 e. The largest absolute Gasteiger partial charge is 0.351 e. The number of nitrogens with one attached hydrogen (secondary N) is 1. The van der Waals surface area contributed by atoms with Gasteiger partial charge in [-0.3, -0.25) is 10.1 Å². The van der Waals surface area contributed by atoms with E-state index in [1.54, 1.807) is 0 Å². The van der Waals surface area contributed by atoms with Crippen molar-refractivity contribution < 1.29 is 13.6 Å². The molecule has 0 aliphatic heterocycles. The number of aromatic nitrogens is 3. The van der Waals surface area contributed by atoms with Gasteiger partial charge in [-0.1, -0.05) is 13.8 Å². The molecule has 2 aliphatic rings. The average molecular weight is 410 g/mol. The van der Waals surface area contributed by atoms with Gasteiger partial charge in [-0.15, -0.1) is 0 Å². The summed E-state index contributed by atoms with van der Waals surface area (Å²) in [4.78, 5) is 16.1. The van der Waals surface area contributed by atoms with E-state index in [4.69, 9.17) is 15.9 Å². The van der Waals surface area contributed by atoms with Crippen LogP contribution in [0, 0.1) is 0 Å². The van der Waals surface area contributed by atoms with Crippen molar-refractivity contribution in [3.05, 3.63) is 34.8 Å². The Bertz CT molecular complexity index is 883. The molecule has 2 aromatic heterocycles. The lowest BCUT2D eigenvalue weighted by molar-refractivity contribution is 0.0554. The molecular formula is C18H24F2N6OS. The molecule has 152 valence electrons. The number of hydrogen-bond donors (Lipinski definition) is 3. The van der Waals surface area contributed by atoms with Gasteiger partial charge in [-0.25, -0.2) is 9.48 Å². The molecule has 2 amide bonds. The van der Waals surface area contributed by atoms with E-state index in [0.29, 0.717) is 9.71 Å². The van der Waals surface area contributed by atoms with Crippen LogP contribution in [-0.2, 0) is 24.7 Å². The fraction of sp³-hybridized carbons (Fsp3) is 0.500. The number of nitrogens with two attached hydrogens (primary N) is 2. The van der Waals surface area contributed by atoms with Crippen LogP contribution < -0.4 is 16.2 Å². The second-order valence-electron chi connectivity index (χ2n) is 7.50. The summed E-state index contributed by atoms with van der Waals surface area (Å²) in [5, 5.41) is 11.7. The normalized spacial score (nSPS) is 16.4. The lowest BCUT2D eigenvalue weighted by Crippen LogP contribution is -2.22. The Balaban J connectivity index is 0.000000192. The summed E-state index contributed by atoms with van der Waals surface area (Å²) in [6.45, 7) is 1.86. The zero-order chi connectivity index (χ0) is 20.5. The van der Waals surface area contributed by atoms with Crippen molar-refractivity contribution in [3.8, 4) is 0 Å². The summed E-state index contributed by atoms with van der Waals surface area (Å²) in [7, 11) is 0. The number of nitrogens with zero attached hydrogens (tertiary/aromatic N) is 3. The zero-order valence-corrected chi connectivity index (χ0v) is 16.7. The molecule has 0 saturated carbocycles. The van der Waals surface area contributed by atoms with Crippen molar-refractivity contribution in [1.29, 1.82) is 0 Å². The smallest absolute Gasteiger partial charge is 0.333 e. The quantitative estimate of drug-likeness (QED) is 0.670. The summed E-state index contributed by atoms with van der Waals surface area (Å²) in [5.41, 5.74) is 11.1. The zero-order valence-electron chi connectivity index (χ0n) is 15.8. The molecule has 2 aliphatic carbocycles. The lowest BCUT2D eigenvalue weighted by atomic mass is 9.90. The van der Waals surface area contributed by atoms with E-state index in [1.165, 1.54) is 23.4 Å². The predicted molar refractivity (Wildman–Crippen MR) is 104 cm³/mol. The molecular weight excluding hydrogens is 386 g/mol. The van der Waals surface area contributed by atoms with E-state index in [0.717, 1.165) is 61.1 Å². The van der Waals surface area contributed by atoms with Crippen LogP contribution in [0.3, 0.4) is 0 Å². The highest BCUT2D eigenvalue weighted by molar-refractivity contribution is 7.97. The van der Waals surface area contributed by atoms with Gasteiger partial charge in [0.05, 0.1) is 11.4 Å². The van der Waals surface area contributed by atoms with E-state index in [9.17, 15) is 13.6 Å². The van der Waals surface area contributed by atoms with Crippen molar-refractivity contribution in [2.75, 3.05) is 5.32 Å². The van der Waals surface area contributed by atoms with Gasteiger partial charge in [-0.2, -0.15) is 13.9 Å². The van der Waals surface area contributed by atoms with Crippen LogP contribution in [0.5, 0.6) is 0 Å². The maximum Gasteiger partial charge on any atom is 0.333 e. The highest BCUT2D eigenvalue weighted by Crippen LogP contribution is 2.44. The molecule has 0 fully saturated rings. The lowest BCUT2D eigenvalue weighted by Gasteiger charge is -2.20. The van der Waals surface area contributed by atoms with Crippen LogP contribution >= 0.6 is 11.9 Å². The fourth-order valence-corrected chi connectivity index (χ4v) is 4.03. The van der Waals surface area contributed by atoms with E-state index >= 15 is 0 Å². The number of primary amides is 1. The first kappa shape index (κ1) is 20.5. The highest BCUT2D eigenvalue weighted by atomic mass is 32.2. The van der Waals surface area contributed by atoms with Crippen molar-refractivity contribution in [1.82, 2.24) is 14.8 Å². The number of anilines is 1. The first-order valence-electron chi connectivity index (χ1n) is 9.04. The average Bonchev–Trinajstić information content (AvgIpc) is 3.34. The Morgan fingerprint density at radius 2 is 2.07 bits per heavy atom. The third kappa shape index (κ3) is 4.12. The second kappa shape index (κ2) is 8.04. The minimum atomic E-state index is -2.58. The van der Waals surface area contributed by atoms with Gasteiger partial charge in [0.15, 0.2) is 0 Å². The number of amides is 2. The van der Waals surface area contributed by atoms with Crippen LogP contribution in [0.4, 0.5) is 19.3 Å². The summed E-state index contributed by atoms with van der Waals surface area (Å²) < 4.78 is 24.1. The Kier molecular flexibility index (Phi) is 5.90. The number of halogens is 2. The molecule has 7 nitrogen and oxygen atoms in total. The van der Waals surface area contributed by atoms with Crippen LogP contribution in [0.1, 0.15) is 55.8 Å². The van der Waals surface area contributed by atoms with Crippen molar-refractivity contribution in [3.63, 3.8) is 0 Å². The molecule has 0 atom stereocenters. The van der Waals surface area contributed by atoms with Gasteiger partial charge in [-0.05, 0) is 61.2 Å². The molecule has 2 heterocycles. The second-order valence-corrected chi connectivity index (χ2v) is 8.15. The van der Waals surface area contributed by atoms with Gasteiger partial charge in [0.1, 0.15) is 5.03 Å². The molecule has 28 heavy (non-hydrogen) atoms. The number of hydrogen-bond acceptors (Lipinski definition) is 5. The number of fused-ring (bicyclic) bond motifs is 2. The summed E-state index contributed by atoms with van der Waals surface area (Å²) >= 11 is 0.842. The molecule has 4 rings (SSSR count). The fourth-order valence-electron chi connectivity index (χ4n) is 3.75. The van der Waals surface area contributed by atoms with E-state index < -0.39 is 12.6 Å². The Morgan fingerprint density at radius 1 is 1.32 bits per heavy atom. The van der Waals surface area contributed by atoms with E-state index in [1.807, 2.05) is 0 Å². The maximum atomic E-state index is 11.8. The van der Waals surface area contributed by atoms with Gasteiger partial charge in [0.2, 0.25) is 0 Å². The Labute approximate surface area is 166 Å². The topological polar surface area (TPSA) is 112 Å². The number of carbonyl (C=O) groups excluding carboxylic acids is 1. The minimum absolute atomic E-state index is 0.112. The number of rotatable bonds is 3. The molecule has 5 N–H and O–H groups in total. The van der Waals surface area contributed by atoms with Crippen molar-refractivity contribution >= 4 is 23.7 Å². The molecule has 0 unspecified atom stereocenters. The highest BCUT2D eigenvalue weighted by Gasteiger charge is 2.36. The predicted octanol–water partition coefficient (Wildman–Crippen LogP) is 3.53. The molecule has 0 spiro atoms. The van der Waals surface area contributed by atoms with Crippen LogP contribution in [0.25, 0.3) is 0 Å². The number of pyridine rings is 1. The first-order chi connectivity index (χ1) is 13.2. The molecule has 10 heteroatoms. The number of aryl methyl sites for hydroxylation is 1. The molecule has 0 saturated heterocycles. The number of urea groups is 1. The van der Waals surface area contributed by atoms with Gasteiger partial charge in [0, 0.05) is 17.3 Å². The number of carbonyl (C=O) groups is 1. The monoisotopic (exact) mass is 410 g/mol. The first-order valence-corrected chi connectivity index (χ1v) is 9.92. The van der Waals surface area contributed by atoms with Crippen molar-refractivity contribution in [2.24, 2.45) is 10.9 Å². The van der Waals surface area contributed by atoms with Crippen LogP contribution in [-0.4, -0.2) is 20.8 Å². The van der Waals surface area contributed by atoms with Gasteiger partial charge < -0.3 is 11.1 Å². The third-order valence-electron chi connectivity index (χ3n) is 5.12. The maximum absolute atomic E-state index is 11.8. The van der Waals surface area contributed by atoms with Gasteiger partial charge in [0.25, 0.3) is 0 Å². The summed E-state index contributed by atoms with van der Waals surface area (Å²) in [6, 6.07) is 0.957. The van der Waals surface area contributed by atoms with Gasteiger partial charge >= 0.3 is 12.6 Å².